The van der Waals surface area contributed by atoms with E-state index in [1.165, 1.54) is 0 Å². The lowest BCUT2D eigenvalue weighted by Crippen LogP contribution is -2.37. The molecule has 2 heterocycles. The van der Waals surface area contributed by atoms with Gasteiger partial charge >= 0.3 is 0 Å². The van der Waals surface area contributed by atoms with E-state index in [2.05, 4.69) is 83.5 Å². The number of halogens is 1. The second-order valence-corrected chi connectivity index (χ2v) is 8.37. The smallest absolute Gasteiger partial charge is 0.146 e. The van der Waals surface area contributed by atoms with E-state index in [4.69, 9.17) is 9.47 Å². The standard InChI is InChI=1S/C26H17BrO2/c1-16-8-6-11-19-24(16)28-22-14-4-2-9-17(22)26(19)18-10-3-5-15-23(18)29-25-20(26)12-7-13-21(25)27/h2-15H,1H3. The van der Waals surface area contributed by atoms with Crippen LogP contribution in [0.15, 0.2) is 89.4 Å². The van der Waals surface area contributed by atoms with Gasteiger partial charge in [-0.15, -0.1) is 0 Å². The van der Waals surface area contributed by atoms with Gasteiger partial charge in [0.15, 0.2) is 0 Å². The quantitative estimate of drug-likeness (QED) is 0.245. The number of para-hydroxylation sites is 4. The molecule has 1 unspecified atom stereocenters. The lowest BCUT2D eigenvalue weighted by Gasteiger charge is -2.45. The molecule has 2 nitrogen and oxygen atoms in total. The molecule has 0 bridgehead atoms. The van der Waals surface area contributed by atoms with Crippen molar-refractivity contribution >= 4 is 15.9 Å². The van der Waals surface area contributed by atoms with E-state index < -0.39 is 5.41 Å². The first-order chi connectivity index (χ1) is 14.2. The minimum atomic E-state index is -0.510. The summed E-state index contributed by atoms with van der Waals surface area (Å²) < 4.78 is 13.8. The second-order valence-electron chi connectivity index (χ2n) is 7.51. The fourth-order valence-corrected chi connectivity index (χ4v) is 5.26. The van der Waals surface area contributed by atoms with Gasteiger partial charge < -0.3 is 9.47 Å². The minimum absolute atomic E-state index is 0.510. The van der Waals surface area contributed by atoms with E-state index >= 15 is 0 Å². The Labute approximate surface area is 177 Å². The topological polar surface area (TPSA) is 18.5 Å². The summed E-state index contributed by atoms with van der Waals surface area (Å²) in [7, 11) is 0. The SMILES string of the molecule is Cc1cccc2c1Oc1ccccc1C21c2ccccc2Oc2c(Br)cccc21. The molecule has 1 atom stereocenters. The maximum absolute atomic E-state index is 6.44. The number of hydrogen-bond donors (Lipinski definition) is 0. The van der Waals surface area contributed by atoms with Gasteiger partial charge in [-0.1, -0.05) is 66.7 Å². The Balaban J connectivity index is 1.87. The van der Waals surface area contributed by atoms with Crippen molar-refractivity contribution in [2.75, 3.05) is 0 Å². The van der Waals surface area contributed by atoms with E-state index in [0.717, 1.165) is 55.3 Å². The molecular formula is C26H17BrO2. The van der Waals surface area contributed by atoms with Gasteiger partial charge in [0.25, 0.3) is 0 Å². The third-order valence-electron chi connectivity index (χ3n) is 5.99. The molecule has 0 saturated carbocycles. The van der Waals surface area contributed by atoms with Gasteiger partial charge in [0.05, 0.1) is 9.89 Å². The van der Waals surface area contributed by atoms with Gasteiger partial charge in [0, 0.05) is 22.3 Å². The number of fused-ring (bicyclic) bond motifs is 8. The lowest BCUT2D eigenvalue weighted by molar-refractivity contribution is 0.396. The monoisotopic (exact) mass is 440 g/mol. The van der Waals surface area contributed by atoms with Gasteiger partial charge in [-0.05, 0) is 46.6 Å². The predicted octanol–water partition coefficient (Wildman–Crippen LogP) is 7.35. The molecule has 0 aliphatic carbocycles. The predicted molar refractivity (Wildman–Crippen MR) is 117 cm³/mol. The van der Waals surface area contributed by atoms with E-state index in [9.17, 15) is 0 Å². The Morgan fingerprint density at radius 1 is 0.586 bits per heavy atom. The van der Waals surface area contributed by atoms with Crippen molar-refractivity contribution in [1.82, 2.24) is 0 Å². The van der Waals surface area contributed by atoms with Crippen LogP contribution in [0, 0.1) is 6.92 Å². The maximum atomic E-state index is 6.44. The summed E-state index contributed by atoms with van der Waals surface area (Å²) in [4.78, 5) is 0. The zero-order valence-electron chi connectivity index (χ0n) is 15.8. The highest BCUT2D eigenvalue weighted by atomic mass is 79.9. The van der Waals surface area contributed by atoms with Crippen LogP contribution in [0.3, 0.4) is 0 Å². The molecule has 29 heavy (non-hydrogen) atoms. The van der Waals surface area contributed by atoms with Gasteiger partial charge in [-0.3, -0.25) is 0 Å². The highest BCUT2D eigenvalue weighted by Gasteiger charge is 2.50. The lowest BCUT2D eigenvalue weighted by atomic mass is 9.62. The summed E-state index contributed by atoms with van der Waals surface area (Å²) in [5, 5.41) is 0. The van der Waals surface area contributed by atoms with Crippen LogP contribution in [0.5, 0.6) is 23.0 Å². The van der Waals surface area contributed by atoms with Crippen molar-refractivity contribution < 1.29 is 9.47 Å². The largest absolute Gasteiger partial charge is 0.456 e. The van der Waals surface area contributed by atoms with Gasteiger partial charge in [0.2, 0.25) is 0 Å². The number of benzene rings is 4. The molecule has 0 radical (unpaired) electrons. The summed E-state index contributed by atoms with van der Waals surface area (Å²) in [5.41, 5.74) is 5.14. The molecule has 2 aliphatic rings. The van der Waals surface area contributed by atoms with Crippen LogP contribution < -0.4 is 9.47 Å². The van der Waals surface area contributed by atoms with Crippen LogP contribution in [0.2, 0.25) is 0 Å². The third-order valence-corrected chi connectivity index (χ3v) is 6.62. The average Bonchev–Trinajstić information content (AvgIpc) is 2.75. The van der Waals surface area contributed by atoms with Crippen LogP contribution >= 0.6 is 15.9 Å². The number of hydrogen-bond acceptors (Lipinski definition) is 2. The first-order valence-electron chi connectivity index (χ1n) is 9.65. The molecule has 0 fully saturated rings. The van der Waals surface area contributed by atoms with E-state index in [1.807, 2.05) is 24.3 Å². The molecular weight excluding hydrogens is 424 g/mol. The second kappa shape index (κ2) is 5.98. The third kappa shape index (κ3) is 2.11. The van der Waals surface area contributed by atoms with E-state index in [0.29, 0.717) is 0 Å². The zero-order chi connectivity index (χ0) is 19.6. The van der Waals surface area contributed by atoms with Crippen molar-refractivity contribution in [3.63, 3.8) is 0 Å². The van der Waals surface area contributed by atoms with Crippen molar-refractivity contribution in [2.45, 2.75) is 12.3 Å². The summed E-state index contributed by atoms with van der Waals surface area (Å²) in [5.74, 6) is 3.54. The average molecular weight is 441 g/mol. The minimum Gasteiger partial charge on any atom is -0.456 e. The van der Waals surface area contributed by atoms with Gasteiger partial charge in [-0.25, -0.2) is 0 Å². The molecule has 140 valence electrons. The van der Waals surface area contributed by atoms with Crippen molar-refractivity contribution in [3.05, 3.63) is 117 Å². The molecule has 0 amide bonds. The number of rotatable bonds is 0. The molecule has 3 heteroatoms. The molecule has 0 saturated heterocycles. The van der Waals surface area contributed by atoms with Crippen molar-refractivity contribution in [1.29, 1.82) is 0 Å². The van der Waals surface area contributed by atoms with Crippen LogP contribution in [0.25, 0.3) is 0 Å². The van der Waals surface area contributed by atoms with E-state index in [-0.39, 0.29) is 0 Å². The molecule has 2 aliphatic heterocycles. The Bertz CT molecular complexity index is 1190. The molecule has 4 aromatic rings. The Morgan fingerprint density at radius 2 is 1.10 bits per heavy atom. The first-order valence-corrected chi connectivity index (χ1v) is 10.4. The normalized spacial score (nSPS) is 18.0. The van der Waals surface area contributed by atoms with Crippen molar-refractivity contribution in [2.24, 2.45) is 0 Å². The summed E-state index contributed by atoms with van der Waals surface area (Å²) in [6, 6.07) is 29.4. The van der Waals surface area contributed by atoms with Gasteiger partial charge in [-0.2, -0.15) is 0 Å². The molecule has 0 aromatic heterocycles. The molecule has 0 N–H and O–H groups in total. The van der Waals surface area contributed by atoms with E-state index in [1.54, 1.807) is 0 Å². The van der Waals surface area contributed by atoms with Crippen LogP contribution in [-0.4, -0.2) is 0 Å². The number of aryl methyl sites for hydroxylation is 1. The van der Waals surface area contributed by atoms with Crippen LogP contribution in [-0.2, 0) is 5.41 Å². The fourth-order valence-electron chi connectivity index (χ4n) is 4.81. The van der Waals surface area contributed by atoms with Crippen LogP contribution in [0.4, 0.5) is 0 Å². The van der Waals surface area contributed by atoms with Gasteiger partial charge in [0.1, 0.15) is 23.0 Å². The molecule has 1 spiro atoms. The summed E-state index contributed by atoms with van der Waals surface area (Å²) >= 11 is 3.72. The summed E-state index contributed by atoms with van der Waals surface area (Å²) in [6.07, 6.45) is 0. The maximum Gasteiger partial charge on any atom is 0.146 e. The van der Waals surface area contributed by atoms with Crippen LogP contribution in [0.1, 0.15) is 27.8 Å². The molecule has 6 rings (SSSR count). The summed E-state index contributed by atoms with van der Waals surface area (Å²) in [6.45, 7) is 2.10. The number of ether oxygens (including phenoxy) is 2. The first kappa shape index (κ1) is 16.9. The van der Waals surface area contributed by atoms with Crippen molar-refractivity contribution in [3.8, 4) is 23.0 Å². The Kier molecular flexibility index (Phi) is 3.48. The highest BCUT2D eigenvalue weighted by Crippen LogP contribution is 2.62. The highest BCUT2D eigenvalue weighted by molar-refractivity contribution is 9.10. The Hall–Kier alpha value is -3.04. The Morgan fingerprint density at radius 3 is 1.79 bits per heavy atom. The zero-order valence-corrected chi connectivity index (χ0v) is 17.4. The fraction of sp³-hybridized carbons (Fsp3) is 0.0769. The molecule has 4 aromatic carbocycles.